The van der Waals surface area contributed by atoms with E-state index < -0.39 is 41.1 Å². The number of carbonyl (C=O) groups excluding carboxylic acids is 4. The molecule has 0 aliphatic carbocycles. The summed E-state index contributed by atoms with van der Waals surface area (Å²) < 4.78 is 10.3. The van der Waals surface area contributed by atoms with Gasteiger partial charge in [-0.1, -0.05) is 0 Å². The normalized spacial score (nSPS) is 26.8. The molecule has 2 aliphatic rings. The molecule has 0 radical (unpaired) electrons. The lowest BCUT2D eigenvalue weighted by molar-refractivity contribution is -0.156. The maximum Gasteiger partial charge on any atom is 0.410 e. The standard InChI is InChI=1S/C15H23N3O6/c1-5-23-10(19)9-8-18(13(22)24-14(2,3)4)7-6-15(9)11(20)16-12(21)17-15/h9H,5-8H2,1-4H3,(H2,16,17,20,21). The van der Waals surface area contributed by atoms with Gasteiger partial charge in [0.05, 0.1) is 6.61 Å². The number of esters is 1. The Morgan fingerprint density at radius 2 is 2.00 bits per heavy atom. The Morgan fingerprint density at radius 3 is 2.50 bits per heavy atom. The number of rotatable bonds is 2. The first-order valence-corrected chi connectivity index (χ1v) is 7.87. The van der Waals surface area contributed by atoms with Crippen LogP contribution in [0.15, 0.2) is 0 Å². The summed E-state index contributed by atoms with van der Waals surface area (Å²) in [4.78, 5) is 49.7. The minimum Gasteiger partial charge on any atom is -0.466 e. The van der Waals surface area contributed by atoms with Crippen LogP contribution in [0, 0.1) is 5.92 Å². The molecule has 4 amide bonds. The zero-order valence-electron chi connectivity index (χ0n) is 14.3. The van der Waals surface area contributed by atoms with Crippen LogP contribution in [0.1, 0.15) is 34.1 Å². The van der Waals surface area contributed by atoms with Gasteiger partial charge in [0.25, 0.3) is 5.91 Å². The van der Waals surface area contributed by atoms with E-state index in [-0.39, 0.29) is 26.1 Å². The Morgan fingerprint density at radius 1 is 1.33 bits per heavy atom. The maximum absolute atomic E-state index is 12.3. The number of urea groups is 1. The lowest BCUT2D eigenvalue weighted by Gasteiger charge is -2.42. The van der Waals surface area contributed by atoms with Crippen LogP contribution in [-0.4, -0.2) is 59.7 Å². The monoisotopic (exact) mass is 341 g/mol. The number of nitrogens with zero attached hydrogens (tertiary/aromatic N) is 1. The van der Waals surface area contributed by atoms with Gasteiger partial charge in [0.2, 0.25) is 0 Å². The van der Waals surface area contributed by atoms with E-state index in [1.54, 1.807) is 27.7 Å². The Balaban J connectivity index is 2.23. The summed E-state index contributed by atoms with van der Waals surface area (Å²) >= 11 is 0. The van der Waals surface area contributed by atoms with E-state index in [1.165, 1.54) is 4.90 Å². The number of amides is 4. The van der Waals surface area contributed by atoms with Gasteiger partial charge >= 0.3 is 18.1 Å². The number of hydrogen-bond acceptors (Lipinski definition) is 6. The molecule has 2 atom stereocenters. The van der Waals surface area contributed by atoms with Gasteiger partial charge in [0.15, 0.2) is 0 Å². The van der Waals surface area contributed by atoms with E-state index >= 15 is 0 Å². The molecule has 2 heterocycles. The topological polar surface area (TPSA) is 114 Å². The van der Waals surface area contributed by atoms with Crippen LogP contribution in [0.5, 0.6) is 0 Å². The highest BCUT2D eigenvalue weighted by Crippen LogP contribution is 2.32. The van der Waals surface area contributed by atoms with Crippen LogP contribution in [0.4, 0.5) is 9.59 Å². The molecule has 134 valence electrons. The highest BCUT2D eigenvalue weighted by atomic mass is 16.6. The first-order valence-electron chi connectivity index (χ1n) is 7.87. The summed E-state index contributed by atoms with van der Waals surface area (Å²) in [5, 5.41) is 4.69. The zero-order chi connectivity index (χ0) is 18.1. The van der Waals surface area contributed by atoms with Crippen molar-refractivity contribution >= 4 is 24.0 Å². The number of likely N-dealkylation sites (tertiary alicyclic amines) is 1. The minimum absolute atomic E-state index is 0.0680. The van der Waals surface area contributed by atoms with Crippen LogP contribution < -0.4 is 10.6 Å². The molecule has 0 saturated carbocycles. The number of carbonyl (C=O) groups is 4. The molecular weight excluding hydrogens is 318 g/mol. The maximum atomic E-state index is 12.3. The molecule has 9 heteroatoms. The molecule has 0 aromatic carbocycles. The third-order valence-electron chi connectivity index (χ3n) is 3.97. The Labute approximate surface area is 140 Å². The predicted molar refractivity (Wildman–Crippen MR) is 82.0 cm³/mol. The van der Waals surface area contributed by atoms with E-state index in [9.17, 15) is 19.2 Å². The number of imide groups is 1. The molecule has 2 saturated heterocycles. The molecule has 0 bridgehead atoms. The van der Waals surface area contributed by atoms with E-state index in [0.29, 0.717) is 0 Å². The van der Waals surface area contributed by atoms with Gasteiger partial charge in [-0.05, 0) is 34.1 Å². The van der Waals surface area contributed by atoms with Crippen molar-refractivity contribution in [3.63, 3.8) is 0 Å². The summed E-state index contributed by atoms with van der Waals surface area (Å²) in [5.74, 6) is -2.21. The van der Waals surface area contributed by atoms with E-state index in [2.05, 4.69) is 10.6 Å². The summed E-state index contributed by atoms with van der Waals surface area (Å²) in [7, 11) is 0. The predicted octanol–water partition coefficient (Wildman–Crippen LogP) is 0.385. The van der Waals surface area contributed by atoms with Gasteiger partial charge in [-0.3, -0.25) is 14.9 Å². The molecule has 1 spiro atoms. The molecule has 2 aliphatic heterocycles. The number of piperidine rings is 1. The molecule has 2 fully saturated rings. The van der Waals surface area contributed by atoms with Crippen LogP contribution in [0.3, 0.4) is 0 Å². The number of hydrogen-bond donors (Lipinski definition) is 2. The van der Waals surface area contributed by atoms with Gasteiger partial charge < -0.3 is 19.7 Å². The first kappa shape index (κ1) is 18.0. The van der Waals surface area contributed by atoms with Crippen molar-refractivity contribution in [1.29, 1.82) is 0 Å². The lowest BCUT2D eigenvalue weighted by atomic mass is 9.77. The SMILES string of the molecule is CCOC(=O)C1CN(C(=O)OC(C)(C)C)CCC12NC(=O)NC2=O. The third kappa shape index (κ3) is 3.44. The second-order valence-electron chi connectivity index (χ2n) is 6.86. The van der Waals surface area contributed by atoms with E-state index in [4.69, 9.17) is 9.47 Å². The molecule has 0 aromatic heterocycles. The average Bonchev–Trinajstić information content (AvgIpc) is 2.72. The highest BCUT2D eigenvalue weighted by Gasteiger charge is 2.58. The molecule has 0 aromatic rings. The second-order valence-corrected chi connectivity index (χ2v) is 6.86. The lowest BCUT2D eigenvalue weighted by Crippen LogP contribution is -2.64. The first-order chi connectivity index (χ1) is 11.1. The Kier molecular flexibility index (Phi) is 4.73. The summed E-state index contributed by atoms with van der Waals surface area (Å²) in [6, 6.07) is -0.653. The van der Waals surface area contributed by atoms with Gasteiger partial charge in [0, 0.05) is 13.1 Å². The van der Waals surface area contributed by atoms with Gasteiger partial charge in [-0.2, -0.15) is 0 Å². The molecular formula is C15H23N3O6. The fraction of sp³-hybridized carbons (Fsp3) is 0.733. The summed E-state index contributed by atoms with van der Waals surface area (Å²) in [5.41, 5.74) is -2.06. The quantitative estimate of drug-likeness (QED) is 0.554. The number of nitrogens with one attached hydrogen (secondary N) is 2. The fourth-order valence-corrected chi connectivity index (χ4v) is 2.89. The van der Waals surface area contributed by atoms with Crippen molar-refractivity contribution in [3.05, 3.63) is 0 Å². The van der Waals surface area contributed by atoms with Crippen molar-refractivity contribution in [2.24, 2.45) is 5.92 Å². The van der Waals surface area contributed by atoms with Crippen LogP contribution in [0.25, 0.3) is 0 Å². The van der Waals surface area contributed by atoms with Crippen molar-refractivity contribution in [2.75, 3.05) is 19.7 Å². The van der Waals surface area contributed by atoms with E-state index in [1.807, 2.05) is 0 Å². The highest BCUT2D eigenvalue weighted by molar-refractivity contribution is 6.09. The molecule has 9 nitrogen and oxygen atoms in total. The van der Waals surface area contributed by atoms with Crippen molar-refractivity contribution in [2.45, 2.75) is 45.3 Å². The van der Waals surface area contributed by atoms with Crippen LogP contribution in [-0.2, 0) is 19.1 Å². The Bertz CT molecular complexity index is 570. The summed E-state index contributed by atoms with van der Waals surface area (Å²) in [6.45, 7) is 7.11. The van der Waals surface area contributed by atoms with E-state index in [0.717, 1.165) is 0 Å². The largest absolute Gasteiger partial charge is 0.466 e. The number of ether oxygens (including phenoxy) is 2. The minimum atomic E-state index is -1.39. The van der Waals surface area contributed by atoms with Crippen LogP contribution >= 0.6 is 0 Å². The smallest absolute Gasteiger partial charge is 0.410 e. The molecule has 2 N–H and O–H groups in total. The molecule has 2 unspecified atom stereocenters. The zero-order valence-corrected chi connectivity index (χ0v) is 14.3. The van der Waals surface area contributed by atoms with Crippen LogP contribution in [0.2, 0.25) is 0 Å². The van der Waals surface area contributed by atoms with Gasteiger partial charge in [-0.25, -0.2) is 9.59 Å². The summed E-state index contributed by atoms with van der Waals surface area (Å²) in [6.07, 6.45) is -0.468. The second kappa shape index (κ2) is 6.29. The molecule has 24 heavy (non-hydrogen) atoms. The van der Waals surface area contributed by atoms with Gasteiger partial charge in [0.1, 0.15) is 17.1 Å². The fourth-order valence-electron chi connectivity index (χ4n) is 2.89. The molecule has 2 rings (SSSR count). The van der Waals surface area contributed by atoms with Crippen molar-refractivity contribution < 1.29 is 28.7 Å². The average molecular weight is 341 g/mol. The van der Waals surface area contributed by atoms with Crippen molar-refractivity contribution in [3.8, 4) is 0 Å². The third-order valence-corrected chi connectivity index (χ3v) is 3.97. The van der Waals surface area contributed by atoms with Gasteiger partial charge in [-0.15, -0.1) is 0 Å². The van der Waals surface area contributed by atoms with Crippen molar-refractivity contribution in [1.82, 2.24) is 15.5 Å². The Hall–Kier alpha value is -2.32.